The number of likely N-dealkylation sites (N-methyl/N-ethyl adjacent to an activating group) is 1. The lowest BCUT2D eigenvalue weighted by molar-refractivity contribution is 0.302. The van der Waals surface area contributed by atoms with Crippen molar-refractivity contribution in [3.63, 3.8) is 0 Å². The highest BCUT2D eigenvalue weighted by atomic mass is 32.1. The topological polar surface area (TPSA) is 48.4 Å². The number of benzene rings is 1. The molecule has 0 saturated carbocycles. The van der Waals surface area contributed by atoms with Gasteiger partial charge in [-0.25, -0.2) is 4.98 Å². The largest absolute Gasteiger partial charge is 0.395 e. The molecular formula is C15H21N3OS. The van der Waals surface area contributed by atoms with Crippen molar-refractivity contribution in [3.05, 3.63) is 40.3 Å². The van der Waals surface area contributed by atoms with Gasteiger partial charge < -0.3 is 15.3 Å². The van der Waals surface area contributed by atoms with E-state index in [1.54, 1.807) is 11.3 Å². The number of hydrogen-bond donors (Lipinski definition) is 2. The molecule has 0 bridgehead atoms. The minimum Gasteiger partial charge on any atom is -0.395 e. The lowest BCUT2D eigenvalue weighted by Crippen LogP contribution is -2.25. The molecule has 1 aromatic carbocycles. The van der Waals surface area contributed by atoms with Gasteiger partial charge >= 0.3 is 0 Å². The van der Waals surface area contributed by atoms with Crippen molar-refractivity contribution in [1.82, 2.24) is 4.98 Å². The molecule has 108 valence electrons. The zero-order valence-electron chi connectivity index (χ0n) is 12.0. The van der Waals surface area contributed by atoms with Gasteiger partial charge in [-0.3, -0.25) is 0 Å². The van der Waals surface area contributed by atoms with E-state index in [1.165, 1.54) is 4.88 Å². The molecule has 0 amide bonds. The van der Waals surface area contributed by atoms with Crippen molar-refractivity contribution < 1.29 is 5.11 Å². The molecule has 4 nitrogen and oxygen atoms in total. The molecule has 1 heterocycles. The van der Waals surface area contributed by atoms with E-state index in [1.807, 2.05) is 13.1 Å². The first-order valence-corrected chi connectivity index (χ1v) is 7.65. The molecule has 1 aromatic heterocycles. The quantitative estimate of drug-likeness (QED) is 0.823. The minimum absolute atomic E-state index is 0.179. The van der Waals surface area contributed by atoms with Crippen LogP contribution in [-0.4, -0.2) is 29.8 Å². The van der Waals surface area contributed by atoms with Crippen molar-refractivity contribution in [2.45, 2.75) is 20.4 Å². The van der Waals surface area contributed by atoms with Gasteiger partial charge in [-0.15, -0.1) is 11.3 Å². The van der Waals surface area contributed by atoms with E-state index < -0.39 is 0 Å². The Labute approximate surface area is 124 Å². The maximum Gasteiger partial charge on any atom is 0.0897 e. The highest BCUT2D eigenvalue weighted by molar-refractivity contribution is 7.11. The summed E-state index contributed by atoms with van der Waals surface area (Å²) in [7, 11) is 0. The molecule has 2 rings (SSSR count). The molecule has 0 spiro atoms. The molecule has 0 unspecified atom stereocenters. The van der Waals surface area contributed by atoms with Crippen molar-refractivity contribution in [3.8, 4) is 0 Å². The average molecular weight is 291 g/mol. The summed E-state index contributed by atoms with van der Waals surface area (Å²) in [5.74, 6) is 0. The normalized spacial score (nSPS) is 10.6. The van der Waals surface area contributed by atoms with Gasteiger partial charge in [0.15, 0.2) is 0 Å². The second-order valence-corrected chi connectivity index (χ2v) is 5.87. The Hall–Kier alpha value is -1.59. The highest BCUT2D eigenvalue weighted by Crippen LogP contribution is 2.19. The Morgan fingerprint density at radius 3 is 2.60 bits per heavy atom. The summed E-state index contributed by atoms with van der Waals surface area (Å²) >= 11 is 1.72. The van der Waals surface area contributed by atoms with Crippen LogP contribution in [0.1, 0.15) is 16.8 Å². The summed E-state index contributed by atoms with van der Waals surface area (Å²) in [5.41, 5.74) is 2.24. The third-order valence-corrected chi connectivity index (χ3v) is 4.03. The number of thiazole rings is 1. The van der Waals surface area contributed by atoms with Crippen molar-refractivity contribution in [2.75, 3.05) is 29.9 Å². The monoisotopic (exact) mass is 291 g/mol. The van der Waals surface area contributed by atoms with Crippen LogP contribution in [0.2, 0.25) is 0 Å². The summed E-state index contributed by atoms with van der Waals surface area (Å²) in [4.78, 5) is 7.63. The number of aliphatic hydroxyl groups is 1. The van der Waals surface area contributed by atoms with Crippen LogP contribution in [0.4, 0.5) is 11.4 Å². The number of nitrogens with one attached hydrogen (secondary N) is 1. The van der Waals surface area contributed by atoms with E-state index in [0.29, 0.717) is 6.54 Å². The molecule has 0 aliphatic carbocycles. The molecule has 5 heteroatoms. The summed E-state index contributed by atoms with van der Waals surface area (Å²) in [6.45, 7) is 6.66. The number of aromatic nitrogens is 1. The molecule has 0 saturated heterocycles. The SMILES string of the molecule is CCN(CCO)c1ccc(NCc2cnc(C)s2)cc1. The summed E-state index contributed by atoms with van der Waals surface area (Å²) in [6, 6.07) is 8.31. The molecular weight excluding hydrogens is 270 g/mol. The standard InChI is InChI=1S/C15H21N3OS/c1-3-18(8-9-19)14-6-4-13(5-7-14)17-11-15-10-16-12(2)20-15/h4-7,10,17,19H,3,8-9,11H2,1-2H3. The van der Waals surface area contributed by atoms with Gasteiger partial charge in [0.25, 0.3) is 0 Å². The van der Waals surface area contributed by atoms with E-state index >= 15 is 0 Å². The predicted octanol–water partition coefficient (Wildman–Crippen LogP) is 2.88. The summed E-state index contributed by atoms with van der Waals surface area (Å²) in [5, 5.41) is 13.5. The number of hydrogen-bond acceptors (Lipinski definition) is 5. The molecule has 20 heavy (non-hydrogen) atoms. The van der Waals surface area contributed by atoms with Gasteiger partial charge in [0, 0.05) is 35.5 Å². The van der Waals surface area contributed by atoms with Crippen LogP contribution >= 0.6 is 11.3 Å². The Balaban J connectivity index is 1.94. The molecule has 0 aliphatic heterocycles. The third-order valence-electron chi connectivity index (χ3n) is 3.12. The highest BCUT2D eigenvalue weighted by Gasteiger charge is 2.03. The Morgan fingerprint density at radius 2 is 2.05 bits per heavy atom. The number of aryl methyl sites for hydroxylation is 1. The average Bonchev–Trinajstić information content (AvgIpc) is 2.89. The van der Waals surface area contributed by atoms with Crippen LogP contribution in [0.5, 0.6) is 0 Å². The first kappa shape index (κ1) is 14.8. The van der Waals surface area contributed by atoms with Crippen LogP contribution in [0.15, 0.2) is 30.5 Å². The molecule has 2 aromatic rings. The summed E-state index contributed by atoms with van der Waals surface area (Å²) in [6.07, 6.45) is 1.92. The van der Waals surface area contributed by atoms with E-state index in [0.717, 1.165) is 29.5 Å². The van der Waals surface area contributed by atoms with Crippen LogP contribution in [0, 0.1) is 6.92 Å². The predicted molar refractivity (Wildman–Crippen MR) is 85.6 cm³/mol. The molecule has 0 atom stereocenters. The fourth-order valence-electron chi connectivity index (χ4n) is 2.06. The van der Waals surface area contributed by atoms with Crippen molar-refractivity contribution in [1.29, 1.82) is 0 Å². The third kappa shape index (κ3) is 3.95. The van der Waals surface area contributed by atoms with Crippen LogP contribution in [0.25, 0.3) is 0 Å². The second-order valence-electron chi connectivity index (χ2n) is 4.55. The Kier molecular flexibility index (Phi) is 5.38. The fraction of sp³-hybridized carbons (Fsp3) is 0.400. The van der Waals surface area contributed by atoms with E-state index in [2.05, 4.69) is 46.4 Å². The van der Waals surface area contributed by atoms with Gasteiger partial charge in [-0.2, -0.15) is 0 Å². The smallest absolute Gasteiger partial charge is 0.0897 e. The van der Waals surface area contributed by atoms with Crippen LogP contribution < -0.4 is 10.2 Å². The van der Waals surface area contributed by atoms with Crippen molar-refractivity contribution >= 4 is 22.7 Å². The molecule has 0 radical (unpaired) electrons. The van der Waals surface area contributed by atoms with E-state index in [4.69, 9.17) is 5.11 Å². The molecule has 0 aliphatic rings. The Morgan fingerprint density at radius 1 is 1.30 bits per heavy atom. The van der Waals surface area contributed by atoms with Gasteiger partial charge in [0.2, 0.25) is 0 Å². The molecule has 0 fully saturated rings. The number of aliphatic hydroxyl groups excluding tert-OH is 1. The van der Waals surface area contributed by atoms with E-state index in [-0.39, 0.29) is 6.61 Å². The second kappa shape index (κ2) is 7.26. The van der Waals surface area contributed by atoms with Crippen molar-refractivity contribution in [2.24, 2.45) is 0 Å². The Bertz CT molecular complexity index is 524. The zero-order valence-corrected chi connectivity index (χ0v) is 12.8. The van der Waals surface area contributed by atoms with Gasteiger partial charge in [-0.05, 0) is 38.1 Å². The first-order valence-electron chi connectivity index (χ1n) is 6.84. The lowest BCUT2D eigenvalue weighted by atomic mass is 10.2. The number of rotatable bonds is 7. The van der Waals surface area contributed by atoms with Gasteiger partial charge in [0.1, 0.15) is 0 Å². The van der Waals surface area contributed by atoms with Gasteiger partial charge in [-0.1, -0.05) is 0 Å². The number of nitrogens with zero attached hydrogens (tertiary/aromatic N) is 2. The molecule has 2 N–H and O–H groups in total. The van der Waals surface area contributed by atoms with Gasteiger partial charge in [0.05, 0.1) is 18.2 Å². The van der Waals surface area contributed by atoms with Crippen LogP contribution in [-0.2, 0) is 6.54 Å². The number of anilines is 2. The maximum atomic E-state index is 9.04. The zero-order chi connectivity index (χ0) is 14.4. The maximum absolute atomic E-state index is 9.04. The van der Waals surface area contributed by atoms with E-state index in [9.17, 15) is 0 Å². The lowest BCUT2D eigenvalue weighted by Gasteiger charge is -2.22. The first-order chi connectivity index (χ1) is 9.72. The van der Waals surface area contributed by atoms with Crippen LogP contribution in [0.3, 0.4) is 0 Å². The summed E-state index contributed by atoms with van der Waals surface area (Å²) < 4.78 is 0. The minimum atomic E-state index is 0.179. The fourth-order valence-corrected chi connectivity index (χ4v) is 2.79.